The molecule has 1 aliphatic heterocycles. The third-order valence-corrected chi connectivity index (χ3v) is 6.82. The molecule has 5 nitrogen and oxygen atoms in total. The molecule has 1 fully saturated rings. The fourth-order valence-electron chi connectivity index (χ4n) is 2.84. The Kier molecular flexibility index (Phi) is 7.68. The van der Waals surface area contributed by atoms with Gasteiger partial charge in [0.05, 0.1) is 12.0 Å². The van der Waals surface area contributed by atoms with Crippen LogP contribution in [0.2, 0.25) is 0 Å². The number of amides is 1. The summed E-state index contributed by atoms with van der Waals surface area (Å²) in [6, 6.07) is 17.4. The maximum absolute atomic E-state index is 12.3. The summed E-state index contributed by atoms with van der Waals surface area (Å²) in [6.07, 6.45) is 1.35. The lowest BCUT2D eigenvalue weighted by Crippen LogP contribution is -2.30. The summed E-state index contributed by atoms with van der Waals surface area (Å²) in [5.41, 5.74) is 1.05. The van der Waals surface area contributed by atoms with E-state index in [2.05, 4.69) is 0 Å². The molecule has 2 aromatic carbocycles. The third kappa shape index (κ3) is 5.94. The summed E-state index contributed by atoms with van der Waals surface area (Å²) >= 11 is 0. The second kappa shape index (κ2) is 10.4. The van der Waals surface area contributed by atoms with Gasteiger partial charge in [-0.15, -0.1) is 0 Å². The summed E-state index contributed by atoms with van der Waals surface area (Å²) in [5, 5.41) is 0.0761. The minimum atomic E-state index is -0.218. The molecule has 0 N–H and O–H groups in total. The van der Waals surface area contributed by atoms with Crippen LogP contribution in [0.1, 0.15) is 25.3 Å². The number of nitrogens with zero attached hydrogens (tertiary/aromatic N) is 1. The molecule has 0 aliphatic carbocycles. The van der Waals surface area contributed by atoms with Gasteiger partial charge in [-0.1, -0.05) is 51.9 Å². The van der Waals surface area contributed by atoms with Crippen molar-refractivity contribution in [3.8, 4) is 11.5 Å². The Labute approximate surface area is 173 Å². The van der Waals surface area contributed by atoms with Crippen LogP contribution in [0.25, 0.3) is 0 Å². The number of hydrogen-bond acceptors (Lipinski definition) is 6. The minimum absolute atomic E-state index is 0.0761. The molecule has 7 heteroatoms. The first-order valence-corrected chi connectivity index (χ1v) is 11.6. The van der Waals surface area contributed by atoms with Crippen LogP contribution in [0.3, 0.4) is 0 Å². The van der Waals surface area contributed by atoms with Crippen LogP contribution in [0.5, 0.6) is 11.5 Å². The Hall–Kier alpha value is -2.12. The number of hydrogen-bond donors (Lipinski definition) is 0. The highest BCUT2D eigenvalue weighted by Crippen LogP contribution is 2.37. The lowest BCUT2D eigenvalue weighted by molar-refractivity contribution is -0.139. The summed E-state index contributed by atoms with van der Waals surface area (Å²) < 4.78 is 10.7. The van der Waals surface area contributed by atoms with E-state index < -0.39 is 0 Å². The van der Waals surface area contributed by atoms with Crippen LogP contribution < -0.4 is 4.74 Å². The topological polar surface area (TPSA) is 55.8 Å². The van der Waals surface area contributed by atoms with Crippen LogP contribution in [0.15, 0.2) is 54.6 Å². The van der Waals surface area contributed by atoms with E-state index in [1.165, 1.54) is 10.8 Å². The maximum Gasteiger partial charge on any atom is 0.316 e. The van der Waals surface area contributed by atoms with Crippen molar-refractivity contribution in [3.05, 3.63) is 60.2 Å². The van der Waals surface area contributed by atoms with Gasteiger partial charge in [0.15, 0.2) is 0 Å². The molecule has 1 saturated heterocycles. The third-order valence-electron chi connectivity index (χ3n) is 4.19. The van der Waals surface area contributed by atoms with Gasteiger partial charge < -0.3 is 14.4 Å². The molecule has 0 saturated carbocycles. The zero-order valence-electron chi connectivity index (χ0n) is 15.7. The van der Waals surface area contributed by atoms with Gasteiger partial charge in [0, 0.05) is 13.0 Å². The van der Waals surface area contributed by atoms with Crippen molar-refractivity contribution in [1.82, 2.24) is 4.90 Å². The fourth-order valence-corrected chi connectivity index (χ4v) is 5.32. The lowest BCUT2D eigenvalue weighted by Gasteiger charge is -2.24. The van der Waals surface area contributed by atoms with Crippen molar-refractivity contribution in [1.29, 1.82) is 0 Å². The zero-order valence-corrected chi connectivity index (χ0v) is 17.3. The minimum Gasteiger partial charge on any atom is -0.465 e. The van der Waals surface area contributed by atoms with Crippen molar-refractivity contribution in [2.45, 2.75) is 31.7 Å². The highest BCUT2D eigenvalue weighted by molar-refractivity contribution is 8.77. The Morgan fingerprint density at radius 1 is 1.11 bits per heavy atom. The highest BCUT2D eigenvalue weighted by atomic mass is 33.1. The van der Waals surface area contributed by atoms with E-state index in [0.717, 1.165) is 23.5 Å². The van der Waals surface area contributed by atoms with Crippen molar-refractivity contribution in [2.24, 2.45) is 0 Å². The molecule has 1 atom stereocenters. The van der Waals surface area contributed by atoms with Gasteiger partial charge in [-0.2, -0.15) is 0 Å². The van der Waals surface area contributed by atoms with E-state index in [4.69, 9.17) is 9.47 Å². The number of benzene rings is 2. The van der Waals surface area contributed by atoms with E-state index in [0.29, 0.717) is 25.3 Å². The van der Waals surface area contributed by atoms with Crippen LogP contribution in [0.4, 0.5) is 0 Å². The first-order valence-electron chi connectivity index (χ1n) is 9.21. The molecule has 1 heterocycles. The van der Waals surface area contributed by atoms with Crippen molar-refractivity contribution >= 4 is 33.5 Å². The molecule has 0 spiro atoms. The molecule has 1 amide bonds. The Balaban J connectivity index is 1.53. The average molecular weight is 418 g/mol. The Morgan fingerprint density at radius 3 is 2.54 bits per heavy atom. The van der Waals surface area contributed by atoms with Crippen LogP contribution in [0, 0.1) is 0 Å². The van der Waals surface area contributed by atoms with Gasteiger partial charge in [0.25, 0.3) is 0 Å². The van der Waals surface area contributed by atoms with E-state index in [9.17, 15) is 9.59 Å². The standard InChI is InChI=1S/C21H23NO4S2/c1-2-25-21(24)15-27-28-20-13-12-19(23)22(20)14-16-8-10-18(11-9-16)26-17-6-4-3-5-7-17/h3-11,20H,2,12-15H2,1H3. The SMILES string of the molecule is CCOC(=O)CSSC1CCC(=O)N1Cc1ccc(Oc2ccccc2)cc1. The first-order chi connectivity index (χ1) is 13.7. The number of ether oxygens (including phenoxy) is 2. The van der Waals surface area contributed by atoms with Gasteiger partial charge in [-0.05, 0) is 43.2 Å². The monoisotopic (exact) mass is 417 g/mol. The Morgan fingerprint density at radius 2 is 1.82 bits per heavy atom. The number of likely N-dealkylation sites (tertiary alicyclic amines) is 1. The Bertz CT molecular complexity index is 783. The van der Waals surface area contributed by atoms with Crippen LogP contribution >= 0.6 is 21.6 Å². The number of rotatable bonds is 9. The molecular weight excluding hydrogens is 394 g/mol. The predicted octanol–water partition coefficient (Wildman–Crippen LogP) is 4.87. The quantitative estimate of drug-likeness (QED) is 0.428. The normalized spacial score (nSPS) is 16.2. The van der Waals surface area contributed by atoms with Gasteiger partial charge in [0.1, 0.15) is 17.3 Å². The van der Waals surface area contributed by atoms with Gasteiger partial charge in [-0.25, -0.2) is 0 Å². The van der Waals surface area contributed by atoms with E-state index >= 15 is 0 Å². The molecule has 2 aromatic rings. The van der Waals surface area contributed by atoms with Crippen molar-refractivity contribution in [2.75, 3.05) is 12.4 Å². The molecule has 0 bridgehead atoms. The molecule has 148 valence electrons. The molecule has 0 aromatic heterocycles. The zero-order chi connectivity index (χ0) is 19.8. The number of carbonyl (C=O) groups is 2. The highest BCUT2D eigenvalue weighted by Gasteiger charge is 2.31. The predicted molar refractivity (Wildman–Crippen MR) is 113 cm³/mol. The second-order valence-corrected chi connectivity index (χ2v) is 8.78. The second-order valence-electron chi connectivity index (χ2n) is 6.24. The largest absolute Gasteiger partial charge is 0.465 e. The first kappa shape index (κ1) is 20.6. The van der Waals surface area contributed by atoms with Crippen molar-refractivity contribution in [3.63, 3.8) is 0 Å². The summed E-state index contributed by atoms with van der Waals surface area (Å²) in [4.78, 5) is 25.6. The summed E-state index contributed by atoms with van der Waals surface area (Å²) in [5.74, 6) is 1.78. The van der Waals surface area contributed by atoms with Crippen molar-refractivity contribution < 1.29 is 19.1 Å². The number of esters is 1. The molecular formula is C21H23NO4S2. The molecule has 1 aliphatic rings. The fraction of sp³-hybridized carbons (Fsp3) is 0.333. The maximum atomic E-state index is 12.3. The van der Waals surface area contributed by atoms with Gasteiger partial charge in [0.2, 0.25) is 5.91 Å². The van der Waals surface area contributed by atoms with Crippen LogP contribution in [-0.2, 0) is 20.9 Å². The van der Waals surface area contributed by atoms with E-state index in [-0.39, 0.29) is 17.3 Å². The lowest BCUT2D eigenvalue weighted by atomic mass is 10.2. The number of para-hydroxylation sites is 1. The molecule has 1 unspecified atom stereocenters. The van der Waals surface area contributed by atoms with E-state index in [1.807, 2.05) is 59.5 Å². The molecule has 0 radical (unpaired) electrons. The molecule has 28 heavy (non-hydrogen) atoms. The average Bonchev–Trinajstić information content (AvgIpc) is 3.04. The summed E-state index contributed by atoms with van der Waals surface area (Å²) in [6.45, 7) is 2.74. The molecule has 3 rings (SSSR count). The number of carbonyl (C=O) groups excluding carboxylic acids is 2. The van der Waals surface area contributed by atoms with Crippen LogP contribution in [-0.4, -0.2) is 34.5 Å². The smallest absolute Gasteiger partial charge is 0.316 e. The van der Waals surface area contributed by atoms with E-state index in [1.54, 1.807) is 17.7 Å². The van der Waals surface area contributed by atoms with Gasteiger partial charge in [-0.3, -0.25) is 9.59 Å². The van der Waals surface area contributed by atoms with Gasteiger partial charge >= 0.3 is 5.97 Å². The summed E-state index contributed by atoms with van der Waals surface area (Å²) in [7, 11) is 3.02.